The molecule has 0 bridgehead atoms. The second-order valence-electron chi connectivity index (χ2n) is 3.14. The highest BCUT2D eigenvalue weighted by Gasteiger charge is 2.15. The predicted octanol–water partition coefficient (Wildman–Crippen LogP) is 2.33. The molecule has 3 nitrogen and oxygen atoms in total. The first kappa shape index (κ1) is 11.3. The van der Waals surface area contributed by atoms with Gasteiger partial charge in [-0.25, -0.2) is 0 Å². The number of allylic oxidation sites excluding steroid dienone is 1. The van der Waals surface area contributed by atoms with Gasteiger partial charge in [-0.1, -0.05) is 17.5 Å². The lowest BCUT2D eigenvalue weighted by atomic mass is 10.1. The van der Waals surface area contributed by atoms with Crippen molar-refractivity contribution in [3.63, 3.8) is 0 Å². The molecule has 1 unspecified atom stereocenters. The van der Waals surface area contributed by atoms with Crippen molar-refractivity contribution in [2.75, 3.05) is 7.05 Å². The van der Waals surface area contributed by atoms with Crippen molar-refractivity contribution in [1.29, 1.82) is 0 Å². The fourth-order valence-corrected chi connectivity index (χ4v) is 2.30. The number of aromatic nitrogens is 2. The summed E-state index contributed by atoms with van der Waals surface area (Å²) < 4.78 is 4.00. The number of hydrogen-bond acceptors (Lipinski definition) is 4. The maximum atomic E-state index is 4.11. The number of rotatable bonds is 6. The Hall–Kier alpha value is -0.740. The summed E-state index contributed by atoms with van der Waals surface area (Å²) in [5.41, 5.74) is 1.12. The van der Waals surface area contributed by atoms with Crippen molar-refractivity contribution in [2.24, 2.45) is 0 Å². The molecule has 0 saturated carbocycles. The minimum absolute atomic E-state index is 0.378. The van der Waals surface area contributed by atoms with Crippen molar-refractivity contribution < 1.29 is 0 Å². The molecule has 0 radical (unpaired) electrons. The summed E-state index contributed by atoms with van der Waals surface area (Å²) >= 11 is 1.50. The summed E-state index contributed by atoms with van der Waals surface area (Å²) in [6.07, 6.45) is 4.99. The van der Waals surface area contributed by atoms with E-state index in [9.17, 15) is 0 Å². The zero-order valence-corrected chi connectivity index (χ0v) is 9.60. The first-order chi connectivity index (χ1) is 6.83. The number of nitrogens with zero attached hydrogens (tertiary/aromatic N) is 2. The van der Waals surface area contributed by atoms with Crippen molar-refractivity contribution in [3.8, 4) is 0 Å². The van der Waals surface area contributed by atoms with Crippen LogP contribution in [0.4, 0.5) is 0 Å². The van der Waals surface area contributed by atoms with Gasteiger partial charge in [0.15, 0.2) is 0 Å². The largest absolute Gasteiger partial charge is 0.312 e. The van der Waals surface area contributed by atoms with E-state index in [0.717, 1.165) is 25.0 Å². The molecule has 1 rings (SSSR count). The molecule has 4 heteroatoms. The molecule has 0 aliphatic rings. The molecule has 1 heterocycles. The van der Waals surface area contributed by atoms with Gasteiger partial charge in [0.05, 0.1) is 10.6 Å². The number of nitrogens with one attached hydrogen (secondary N) is 1. The third kappa shape index (κ3) is 2.62. The van der Waals surface area contributed by atoms with Gasteiger partial charge in [0, 0.05) is 6.04 Å². The van der Waals surface area contributed by atoms with Gasteiger partial charge in [0.25, 0.3) is 0 Å². The first-order valence-electron chi connectivity index (χ1n) is 4.92. The molecular weight excluding hydrogens is 194 g/mol. The van der Waals surface area contributed by atoms with Crippen molar-refractivity contribution in [2.45, 2.75) is 32.2 Å². The summed E-state index contributed by atoms with van der Waals surface area (Å²) in [6, 6.07) is 0.378. The number of aryl methyl sites for hydroxylation is 1. The highest BCUT2D eigenvalue weighted by atomic mass is 32.1. The Kier molecular flexibility index (Phi) is 4.76. The maximum absolute atomic E-state index is 4.11. The number of hydrogen-bond donors (Lipinski definition) is 1. The van der Waals surface area contributed by atoms with Gasteiger partial charge in [0.2, 0.25) is 0 Å². The molecule has 0 fully saturated rings. The van der Waals surface area contributed by atoms with Crippen LogP contribution in [0.1, 0.15) is 36.4 Å². The van der Waals surface area contributed by atoms with Crippen LogP contribution in [0.15, 0.2) is 12.7 Å². The molecule has 78 valence electrons. The minimum atomic E-state index is 0.378. The van der Waals surface area contributed by atoms with Crippen LogP contribution >= 0.6 is 11.5 Å². The Morgan fingerprint density at radius 1 is 1.64 bits per heavy atom. The van der Waals surface area contributed by atoms with Gasteiger partial charge in [-0.2, -0.15) is 0 Å². The summed E-state index contributed by atoms with van der Waals surface area (Å²) in [7, 11) is 1.98. The van der Waals surface area contributed by atoms with Crippen molar-refractivity contribution in [3.05, 3.63) is 23.2 Å². The average Bonchev–Trinajstić information content (AvgIpc) is 2.67. The molecule has 0 aliphatic carbocycles. The second kappa shape index (κ2) is 5.88. The van der Waals surface area contributed by atoms with E-state index < -0.39 is 0 Å². The quantitative estimate of drug-likeness (QED) is 0.734. The van der Waals surface area contributed by atoms with Crippen LogP contribution in [0.5, 0.6) is 0 Å². The lowest BCUT2D eigenvalue weighted by Crippen LogP contribution is -2.16. The van der Waals surface area contributed by atoms with Gasteiger partial charge in [-0.15, -0.1) is 11.7 Å². The lowest BCUT2D eigenvalue weighted by Gasteiger charge is -2.13. The van der Waals surface area contributed by atoms with Crippen LogP contribution in [0.2, 0.25) is 0 Å². The minimum Gasteiger partial charge on any atom is -0.312 e. The van der Waals surface area contributed by atoms with E-state index in [-0.39, 0.29) is 0 Å². The highest BCUT2D eigenvalue weighted by molar-refractivity contribution is 7.05. The Bertz CT molecular complexity index is 283. The third-order valence-electron chi connectivity index (χ3n) is 2.24. The van der Waals surface area contributed by atoms with Gasteiger partial charge in [-0.05, 0) is 37.8 Å². The summed E-state index contributed by atoms with van der Waals surface area (Å²) in [5, 5.41) is 7.41. The standard InChI is InChI=1S/C10H17N3S/c1-4-6-7-9(11-3)10-8(5-2)12-13-14-10/h4,9,11H,1,5-7H2,2-3H3. The van der Waals surface area contributed by atoms with Crippen LogP contribution in [-0.2, 0) is 6.42 Å². The van der Waals surface area contributed by atoms with E-state index in [1.807, 2.05) is 13.1 Å². The predicted molar refractivity (Wildman–Crippen MR) is 60.5 cm³/mol. The van der Waals surface area contributed by atoms with Gasteiger partial charge >= 0.3 is 0 Å². The third-order valence-corrected chi connectivity index (χ3v) is 3.12. The van der Waals surface area contributed by atoms with Gasteiger partial charge in [0.1, 0.15) is 0 Å². The first-order valence-corrected chi connectivity index (χ1v) is 5.70. The molecule has 1 atom stereocenters. The molecule has 1 aromatic rings. The Balaban J connectivity index is 2.72. The van der Waals surface area contributed by atoms with Crippen LogP contribution < -0.4 is 5.32 Å². The average molecular weight is 211 g/mol. The molecule has 0 amide bonds. The van der Waals surface area contributed by atoms with Crippen molar-refractivity contribution in [1.82, 2.24) is 14.9 Å². The molecule has 1 aromatic heterocycles. The normalized spacial score (nSPS) is 12.7. The molecule has 0 saturated heterocycles. The monoisotopic (exact) mass is 211 g/mol. The molecule has 0 aromatic carbocycles. The Morgan fingerprint density at radius 2 is 2.43 bits per heavy atom. The van der Waals surface area contributed by atoms with Crippen LogP contribution in [0.25, 0.3) is 0 Å². The second-order valence-corrected chi connectivity index (χ2v) is 3.93. The fourth-order valence-electron chi connectivity index (χ4n) is 1.42. The zero-order chi connectivity index (χ0) is 10.4. The Morgan fingerprint density at radius 3 is 3.00 bits per heavy atom. The van der Waals surface area contributed by atoms with Crippen LogP contribution in [0, 0.1) is 0 Å². The topological polar surface area (TPSA) is 37.8 Å². The molecule has 14 heavy (non-hydrogen) atoms. The summed E-state index contributed by atoms with van der Waals surface area (Å²) in [5.74, 6) is 0. The lowest BCUT2D eigenvalue weighted by molar-refractivity contribution is 0.558. The maximum Gasteiger partial charge on any atom is 0.0800 e. The summed E-state index contributed by atoms with van der Waals surface area (Å²) in [6.45, 7) is 5.85. The van der Waals surface area contributed by atoms with E-state index in [0.29, 0.717) is 6.04 Å². The fraction of sp³-hybridized carbons (Fsp3) is 0.600. The van der Waals surface area contributed by atoms with E-state index in [4.69, 9.17) is 0 Å². The van der Waals surface area contributed by atoms with E-state index in [1.54, 1.807) is 0 Å². The van der Waals surface area contributed by atoms with Crippen LogP contribution in [-0.4, -0.2) is 16.6 Å². The molecular formula is C10H17N3S. The zero-order valence-electron chi connectivity index (χ0n) is 8.79. The van der Waals surface area contributed by atoms with E-state index in [1.165, 1.54) is 16.4 Å². The molecule has 0 aliphatic heterocycles. The molecule has 0 spiro atoms. The van der Waals surface area contributed by atoms with Gasteiger partial charge in [-0.3, -0.25) is 0 Å². The Labute approximate surface area is 89.4 Å². The van der Waals surface area contributed by atoms with E-state index in [2.05, 4.69) is 28.4 Å². The van der Waals surface area contributed by atoms with E-state index >= 15 is 0 Å². The smallest absolute Gasteiger partial charge is 0.0800 e. The molecule has 1 N–H and O–H groups in total. The summed E-state index contributed by atoms with van der Waals surface area (Å²) in [4.78, 5) is 1.27. The van der Waals surface area contributed by atoms with Crippen LogP contribution in [0.3, 0.4) is 0 Å². The van der Waals surface area contributed by atoms with Crippen molar-refractivity contribution >= 4 is 11.5 Å². The SMILES string of the molecule is C=CCCC(NC)c1snnc1CC. The van der Waals surface area contributed by atoms with Gasteiger partial charge < -0.3 is 5.32 Å². The highest BCUT2D eigenvalue weighted by Crippen LogP contribution is 2.24.